The molecule has 0 spiro atoms. The maximum absolute atomic E-state index is 13.7. The molecule has 3 aromatic heterocycles. The van der Waals surface area contributed by atoms with E-state index < -0.39 is 17.8 Å². The predicted octanol–water partition coefficient (Wildman–Crippen LogP) is 7.49. The highest BCUT2D eigenvalue weighted by molar-refractivity contribution is 6.39. The van der Waals surface area contributed by atoms with Gasteiger partial charge in [0.2, 0.25) is 17.7 Å². The minimum absolute atomic E-state index is 0.0000101. The largest absolute Gasteiger partial charge is 0.481 e. The summed E-state index contributed by atoms with van der Waals surface area (Å²) in [6.45, 7) is 7.30. The summed E-state index contributed by atoms with van der Waals surface area (Å²) in [6.07, 6.45) is 1.79. The Hall–Kier alpha value is -6.19. The van der Waals surface area contributed by atoms with Crippen molar-refractivity contribution in [1.29, 1.82) is 0 Å². The van der Waals surface area contributed by atoms with Crippen molar-refractivity contribution in [2.45, 2.75) is 84.2 Å². The van der Waals surface area contributed by atoms with E-state index in [2.05, 4.69) is 10.6 Å². The smallest absolute Gasteiger partial charge is 0.410 e. The summed E-state index contributed by atoms with van der Waals surface area (Å²) in [5.74, 6) is 0.0520. The fourth-order valence-electron chi connectivity index (χ4n) is 7.70. The van der Waals surface area contributed by atoms with Crippen LogP contribution in [0.25, 0.3) is 39.2 Å². The van der Waals surface area contributed by atoms with Crippen LogP contribution in [-0.4, -0.2) is 91.2 Å². The lowest BCUT2D eigenvalue weighted by Gasteiger charge is -2.29. The summed E-state index contributed by atoms with van der Waals surface area (Å²) in [4.78, 5) is 75.2. The molecule has 15 nitrogen and oxygen atoms in total. The van der Waals surface area contributed by atoms with Crippen LogP contribution in [0, 0.1) is 6.92 Å². The van der Waals surface area contributed by atoms with Gasteiger partial charge in [-0.25, -0.2) is 19.6 Å². The van der Waals surface area contributed by atoms with Gasteiger partial charge in [0.05, 0.1) is 41.6 Å². The van der Waals surface area contributed by atoms with Gasteiger partial charge in [0.25, 0.3) is 5.56 Å². The van der Waals surface area contributed by atoms with Crippen LogP contribution in [0.3, 0.4) is 0 Å². The van der Waals surface area contributed by atoms with Crippen molar-refractivity contribution in [2.24, 2.45) is 0 Å². The van der Waals surface area contributed by atoms with Crippen LogP contribution in [0.4, 0.5) is 9.59 Å². The number of nitrogens with one attached hydrogen (secondary N) is 2. The van der Waals surface area contributed by atoms with Crippen molar-refractivity contribution in [3.8, 4) is 39.4 Å². The first kappa shape index (κ1) is 43.9. The molecule has 0 aliphatic carbocycles. The fourth-order valence-corrected chi connectivity index (χ4v) is 8.36. The van der Waals surface area contributed by atoms with Crippen molar-refractivity contribution in [3.63, 3.8) is 0 Å². The molecule has 2 aliphatic heterocycles. The number of nitrogens with zero attached hydrogens (tertiary/aromatic N) is 5. The molecule has 324 valence electrons. The number of rotatable bonds is 12. The Labute approximate surface area is 368 Å². The first-order chi connectivity index (χ1) is 29.5. The molecule has 2 unspecified atom stereocenters. The molecule has 0 saturated carbocycles. The monoisotopic (exact) mass is 883 g/mol. The molecule has 17 heteroatoms. The zero-order chi connectivity index (χ0) is 44.5. The Morgan fingerprint density at radius 2 is 1.44 bits per heavy atom. The van der Waals surface area contributed by atoms with Crippen LogP contribution in [0.15, 0.2) is 71.7 Å². The first-order valence-corrected chi connectivity index (χ1v) is 20.9. The minimum Gasteiger partial charge on any atom is -0.481 e. The van der Waals surface area contributed by atoms with Crippen LogP contribution in [-0.2, 0) is 27.4 Å². The number of methoxy groups -OCH3 is 1. The van der Waals surface area contributed by atoms with Gasteiger partial charge < -0.3 is 35.0 Å². The van der Waals surface area contributed by atoms with Crippen LogP contribution in [0.5, 0.6) is 5.88 Å². The summed E-state index contributed by atoms with van der Waals surface area (Å²) >= 11 is 14.3. The first-order valence-electron chi connectivity index (χ1n) is 20.2. The van der Waals surface area contributed by atoms with E-state index in [1.54, 1.807) is 58.2 Å². The van der Waals surface area contributed by atoms with Gasteiger partial charge in [-0.15, -0.1) is 0 Å². The topological polar surface area (TPSA) is 185 Å². The van der Waals surface area contributed by atoms with E-state index in [1.165, 1.54) is 21.3 Å². The van der Waals surface area contributed by atoms with E-state index in [0.29, 0.717) is 91.7 Å². The Morgan fingerprint density at radius 3 is 2.02 bits per heavy atom. The van der Waals surface area contributed by atoms with Crippen LogP contribution in [0.1, 0.15) is 63.3 Å². The number of aromatic nitrogens is 3. The second-order valence-corrected chi connectivity index (χ2v) is 17.2. The number of carboxylic acid groups (broad SMARTS) is 1. The molecular weight excluding hydrogens is 837 g/mol. The standard InChI is InChI=1S/C45H47Cl2N7O8/c1-25-35(24-53(44(60)62-45(2,3)4)23-29-14-17-38(56)49-29)50-36-20-26(18-19-54(36)42(25)57)30-8-6-9-31(39(30)46)32-10-7-11-33(40(32)47)34-15-12-27(41(51-34)61-5)21-52(43(58)59)22-28-13-16-37(55)48-28/h6-12,15,18-20,28-29H,13-14,16-17,21-24H2,1-5H3,(H,48,55)(H,49,56)(H,58,59). The number of hydrogen-bond donors (Lipinski definition) is 3. The van der Waals surface area contributed by atoms with E-state index in [-0.39, 0.29) is 61.5 Å². The number of pyridine rings is 2. The third-order valence-electron chi connectivity index (χ3n) is 10.8. The highest BCUT2D eigenvalue weighted by atomic mass is 35.5. The Balaban J connectivity index is 1.18. The number of benzene rings is 2. The number of hydrogen-bond acceptors (Lipinski definition) is 9. The zero-order valence-electron chi connectivity index (χ0n) is 35.0. The number of fused-ring (bicyclic) bond motifs is 1. The summed E-state index contributed by atoms with van der Waals surface area (Å²) in [5, 5.41) is 16.4. The Bertz CT molecular complexity index is 2650. The molecule has 4 amide bonds. The van der Waals surface area contributed by atoms with Crippen LogP contribution in [0.2, 0.25) is 10.0 Å². The lowest BCUT2D eigenvalue weighted by atomic mass is 9.97. The van der Waals surface area contributed by atoms with Gasteiger partial charge in [-0.1, -0.05) is 59.6 Å². The van der Waals surface area contributed by atoms with E-state index >= 15 is 0 Å². The molecule has 0 bridgehead atoms. The maximum atomic E-state index is 13.7. The van der Waals surface area contributed by atoms with Crippen LogP contribution >= 0.6 is 23.2 Å². The zero-order valence-corrected chi connectivity index (χ0v) is 36.5. The van der Waals surface area contributed by atoms with Gasteiger partial charge >= 0.3 is 12.2 Å². The molecule has 5 heterocycles. The molecule has 3 N–H and O–H groups in total. The van der Waals surface area contributed by atoms with E-state index in [9.17, 15) is 29.1 Å². The Morgan fingerprint density at radius 1 is 0.839 bits per heavy atom. The van der Waals surface area contributed by atoms with E-state index in [1.807, 2.05) is 36.4 Å². The van der Waals surface area contributed by atoms with E-state index in [4.69, 9.17) is 42.6 Å². The molecule has 2 aliphatic rings. The van der Waals surface area contributed by atoms with Crippen molar-refractivity contribution < 1.29 is 33.8 Å². The van der Waals surface area contributed by atoms with Crippen molar-refractivity contribution in [3.05, 3.63) is 104 Å². The van der Waals surface area contributed by atoms with Gasteiger partial charge in [-0.05, 0) is 70.4 Å². The van der Waals surface area contributed by atoms with Crippen molar-refractivity contribution >= 4 is 52.8 Å². The lowest BCUT2D eigenvalue weighted by molar-refractivity contribution is -0.120. The van der Waals surface area contributed by atoms with Crippen molar-refractivity contribution in [2.75, 3.05) is 20.2 Å². The minimum atomic E-state index is -1.13. The summed E-state index contributed by atoms with van der Waals surface area (Å²) in [5.41, 5.74) is 4.26. The van der Waals surface area contributed by atoms with Gasteiger partial charge in [0.15, 0.2) is 0 Å². The summed E-state index contributed by atoms with van der Waals surface area (Å²) < 4.78 is 12.8. The number of halogens is 2. The highest BCUT2D eigenvalue weighted by Crippen LogP contribution is 2.42. The molecule has 62 heavy (non-hydrogen) atoms. The highest BCUT2D eigenvalue weighted by Gasteiger charge is 2.30. The van der Waals surface area contributed by atoms with Gasteiger partial charge in [0.1, 0.15) is 11.2 Å². The number of ether oxygens (including phenoxy) is 2. The summed E-state index contributed by atoms with van der Waals surface area (Å²) in [6, 6.07) is 17.6. The molecule has 7 rings (SSSR count). The average molecular weight is 885 g/mol. The molecule has 2 saturated heterocycles. The second kappa shape index (κ2) is 18.0. The number of carbonyl (C=O) groups is 4. The maximum Gasteiger partial charge on any atom is 0.410 e. The Kier molecular flexibility index (Phi) is 12.8. The third kappa shape index (κ3) is 9.63. The quantitative estimate of drug-likeness (QED) is 0.113. The molecular formula is C45H47Cl2N7O8. The van der Waals surface area contributed by atoms with E-state index in [0.717, 1.165) is 0 Å². The number of amides is 4. The van der Waals surface area contributed by atoms with Crippen LogP contribution < -0.4 is 20.9 Å². The van der Waals surface area contributed by atoms with Crippen molar-refractivity contribution in [1.82, 2.24) is 34.8 Å². The number of carbonyl (C=O) groups excluding carboxylic acids is 3. The third-order valence-corrected chi connectivity index (χ3v) is 11.7. The SMILES string of the molecule is COc1nc(-c2cccc(-c3cccc(-c4ccn5c(=O)c(C)c(CN(CC6CCC(=O)N6)C(=O)OC(C)(C)C)nc5c4)c3Cl)c2Cl)ccc1CN(CC1CCC(=O)N1)C(=O)O. The summed E-state index contributed by atoms with van der Waals surface area (Å²) in [7, 11) is 1.46. The average Bonchev–Trinajstić information content (AvgIpc) is 3.84. The van der Waals surface area contributed by atoms with Gasteiger partial charge in [-0.2, -0.15) is 0 Å². The molecule has 5 aromatic rings. The normalized spacial score (nSPS) is 16.2. The van der Waals surface area contributed by atoms with Gasteiger partial charge in [0, 0.05) is 77.6 Å². The second-order valence-electron chi connectivity index (χ2n) is 16.5. The molecule has 2 aromatic carbocycles. The molecule has 0 radical (unpaired) electrons. The fraction of sp³-hybridized carbons (Fsp3) is 0.356. The lowest BCUT2D eigenvalue weighted by Crippen LogP contribution is -2.44. The predicted molar refractivity (Wildman–Crippen MR) is 234 cm³/mol. The molecule has 2 fully saturated rings. The van der Waals surface area contributed by atoms with Gasteiger partial charge in [-0.3, -0.25) is 18.8 Å². The molecule has 2 atom stereocenters.